The van der Waals surface area contributed by atoms with E-state index in [1.165, 1.54) is 10.9 Å². The fourth-order valence-corrected chi connectivity index (χ4v) is 2.48. The van der Waals surface area contributed by atoms with Crippen LogP contribution in [-0.4, -0.2) is 22.8 Å². The van der Waals surface area contributed by atoms with Gasteiger partial charge in [0.1, 0.15) is 0 Å². The van der Waals surface area contributed by atoms with Crippen LogP contribution >= 0.6 is 0 Å². The quantitative estimate of drug-likeness (QED) is 0.860. The van der Waals surface area contributed by atoms with E-state index in [1.807, 2.05) is 36.4 Å². The molecule has 0 aliphatic carbocycles. The van der Waals surface area contributed by atoms with Crippen molar-refractivity contribution in [1.82, 2.24) is 9.88 Å². The Bertz CT molecular complexity index is 696. The van der Waals surface area contributed by atoms with Crippen molar-refractivity contribution < 1.29 is 4.79 Å². The molecule has 1 amide bonds. The highest BCUT2D eigenvalue weighted by molar-refractivity contribution is 5.95. The maximum absolute atomic E-state index is 11.2. The summed E-state index contributed by atoms with van der Waals surface area (Å²) in [5, 5.41) is 1.19. The molecule has 4 heteroatoms. The van der Waals surface area contributed by atoms with Crippen LogP contribution in [0.25, 0.3) is 10.9 Å². The molecule has 4 nitrogen and oxygen atoms in total. The number of nitrogens with one attached hydrogen (secondary N) is 1. The molecule has 0 fully saturated rings. The lowest BCUT2D eigenvalue weighted by Gasteiger charge is -2.27. The number of nitrogens with two attached hydrogens (primary N) is 1. The van der Waals surface area contributed by atoms with Gasteiger partial charge in [-0.25, -0.2) is 0 Å². The third-order valence-electron chi connectivity index (χ3n) is 3.46. The van der Waals surface area contributed by atoms with Crippen molar-refractivity contribution in [2.45, 2.75) is 6.04 Å². The Morgan fingerprint density at radius 2 is 2.16 bits per heavy atom. The second-order valence-corrected chi connectivity index (χ2v) is 4.71. The van der Waals surface area contributed by atoms with Crippen LogP contribution < -0.4 is 5.73 Å². The number of amides is 1. The number of likely N-dealkylation sites (N-methyl/N-ethyl adjacent to an activating group) is 1. The molecule has 1 aliphatic rings. The first-order chi connectivity index (χ1) is 9.16. The summed E-state index contributed by atoms with van der Waals surface area (Å²) in [5.41, 5.74) is 8.12. The molecule has 1 unspecified atom stereocenters. The zero-order valence-electron chi connectivity index (χ0n) is 10.6. The number of hydrogen-bond donors (Lipinski definition) is 2. The lowest BCUT2D eigenvalue weighted by molar-refractivity contribution is -0.114. The molecule has 96 valence electrons. The van der Waals surface area contributed by atoms with Crippen LogP contribution in [0.3, 0.4) is 0 Å². The van der Waals surface area contributed by atoms with Crippen LogP contribution in [0.15, 0.2) is 54.4 Å². The molecule has 0 bridgehead atoms. The van der Waals surface area contributed by atoms with Crippen LogP contribution in [0.1, 0.15) is 11.6 Å². The number of primary amides is 1. The van der Waals surface area contributed by atoms with Crippen molar-refractivity contribution in [3.05, 3.63) is 60.0 Å². The summed E-state index contributed by atoms with van der Waals surface area (Å²) in [6, 6.07) is 8.29. The van der Waals surface area contributed by atoms with Gasteiger partial charge in [0.15, 0.2) is 0 Å². The smallest absolute Gasteiger partial charge is 0.250 e. The Morgan fingerprint density at radius 1 is 1.37 bits per heavy atom. The van der Waals surface area contributed by atoms with Crippen LogP contribution in [0.4, 0.5) is 0 Å². The SMILES string of the molecule is CN1C=C(C(N)=O)C=CC1c1c[nH]c2ccccc12. The number of nitrogens with zero attached hydrogens (tertiary/aromatic N) is 1. The topological polar surface area (TPSA) is 62.1 Å². The molecule has 2 aromatic rings. The highest BCUT2D eigenvalue weighted by Gasteiger charge is 2.20. The van der Waals surface area contributed by atoms with Gasteiger partial charge in [0, 0.05) is 35.9 Å². The van der Waals surface area contributed by atoms with E-state index in [4.69, 9.17) is 5.73 Å². The summed E-state index contributed by atoms with van der Waals surface area (Å²) in [6.45, 7) is 0. The first-order valence-corrected chi connectivity index (χ1v) is 6.14. The van der Waals surface area contributed by atoms with E-state index in [0.717, 1.165) is 5.52 Å². The van der Waals surface area contributed by atoms with E-state index in [0.29, 0.717) is 5.57 Å². The number of fused-ring (bicyclic) bond motifs is 1. The molecule has 2 heterocycles. The number of carbonyl (C=O) groups is 1. The van der Waals surface area contributed by atoms with Gasteiger partial charge in [-0.15, -0.1) is 0 Å². The molecule has 0 saturated heterocycles. The second kappa shape index (κ2) is 4.31. The number of H-pyrrole nitrogens is 1. The summed E-state index contributed by atoms with van der Waals surface area (Å²) in [4.78, 5) is 16.4. The standard InChI is InChI=1S/C15H15N3O/c1-18-9-10(15(16)19)6-7-14(18)12-8-17-13-5-3-2-4-11(12)13/h2-9,14,17H,1H3,(H2,16,19). The number of carbonyl (C=O) groups excluding carboxylic acids is 1. The average Bonchev–Trinajstić information content (AvgIpc) is 2.82. The number of aromatic nitrogens is 1. The van der Waals surface area contributed by atoms with Gasteiger partial charge in [-0.05, 0) is 12.1 Å². The number of benzene rings is 1. The Morgan fingerprint density at radius 3 is 2.89 bits per heavy atom. The van der Waals surface area contributed by atoms with Crippen molar-refractivity contribution in [2.24, 2.45) is 5.73 Å². The van der Waals surface area contributed by atoms with Gasteiger partial charge < -0.3 is 15.6 Å². The summed E-state index contributed by atoms with van der Waals surface area (Å²) >= 11 is 0. The van der Waals surface area contributed by atoms with Gasteiger partial charge in [0.2, 0.25) is 5.91 Å². The van der Waals surface area contributed by atoms with Crippen molar-refractivity contribution in [3.63, 3.8) is 0 Å². The molecule has 0 spiro atoms. The largest absolute Gasteiger partial charge is 0.369 e. The first kappa shape index (κ1) is 11.6. The van der Waals surface area contributed by atoms with E-state index in [9.17, 15) is 4.79 Å². The summed E-state index contributed by atoms with van der Waals surface area (Å²) < 4.78 is 0. The molecule has 1 aromatic carbocycles. The summed E-state index contributed by atoms with van der Waals surface area (Å²) in [7, 11) is 1.94. The van der Waals surface area contributed by atoms with Gasteiger partial charge in [-0.3, -0.25) is 4.79 Å². The fraction of sp³-hybridized carbons (Fsp3) is 0.133. The number of aromatic amines is 1. The number of hydrogen-bond acceptors (Lipinski definition) is 2. The molecular weight excluding hydrogens is 238 g/mol. The zero-order valence-corrected chi connectivity index (χ0v) is 10.6. The predicted octanol–water partition coefficient (Wildman–Crippen LogP) is 2.08. The van der Waals surface area contributed by atoms with E-state index in [2.05, 4.69) is 17.1 Å². The predicted molar refractivity (Wildman–Crippen MR) is 75.2 cm³/mol. The van der Waals surface area contributed by atoms with Crippen molar-refractivity contribution in [2.75, 3.05) is 7.05 Å². The highest BCUT2D eigenvalue weighted by Crippen LogP contribution is 2.31. The molecular formula is C15H15N3O. The number of para-hydroxylation sites is 1. The first-order valence-electron chi connectivity index (χ1n) is 6.14. The maximum Gasteiger partial charge on any atom is 0.250 e. The summed E-state index contributed by atoms with van der Waals surface area (Å²) in [6.07, 6.45) is 7.58. The minimum Gasteiger partial charge on any atom is -0.369 e. The minimum absolute atomic E-state index is 0.110. The van der Waals surface area contributed by atoms with Crippen LogP contribution in [0.2, 0.25) is 0 Å². The Kier molecular flexibility index (Phi) is 2.63. The number of rotatable bonds is 2. The van der Waals surface area contributed by atoms with E-state index >= 15 is 0 Å². The molecule has 1 aromatic heterocycles. The second-order valence-electron chi connectivity index (χ2n) is 4.71. The van der Waals surface area contributed by atoms with E-state index in [-0.39, 0.29) is 6.04 Å². The molecule has 19 heavy (non-hydrogen) atoms. The Labute approximate surface area is 111 Å². The molecule has 0 saturated carbocycles. The summed E-state index contributed by atoms with van der Waals surface area (Å²) in [5.74, 6) is -0.402. The molecule has 3 rings (SSSR count). The minimum atomic E-state index is -0.402. The Balaban J connectivity index is 2.01. The normalized spacial score (nSPS) is 18.7. The Hall–Kier alpha value is -2.49. The van der Waals surface area contributed by atoms with Crippen molar-refractivity contribution in [3.8, 4) is 0 Å². The zero-order chi connectivity index (χ0) is 13.4. The van der Waals surface area contributed by atoms with E-state index in [1.54, 1.807) is 12.3 Å². The third-order valence-corrected chi connectivity index (χ3v) is 3.46. The highest BCUT2D eigenvalue weighted by atomic mass is 16.1. The average molecular weight is 253 g/mol. The van der Waals surface area contributed by atoms with Crippen molar-refractivity contribution >= 4 is 16.8 Å². The van der Waals surface area contributed by atoms with Crippen LogP contribution in [0, 0.1) is 0 Å². The lowest BCUT2D eigenvalue weighted by atomic mass is 10.0. The monoisotopic (exact) mass is 253 g/mol. The van der Waals surface area contributed by atoms with Gasteiger partial charge in [0.25, 0.3) is 0 Å². The molecule has 1 atom stereocenters. The fourth-order valence-electron chi connectivity index (χ4n) is 2.48. The lowest BCUT2D eigenvalue weighted by Crippen LogP contribution is -2.24. The van der Waals surface area contributed by atoms with Gasteiger partial charge in [-0.1, -0.05) is 24.3 Å². The third kappa shape index (κ3) is 1.91. The van der Waals surface area contributed by atoms with Crippen LogP contribution in [-0.2, 0) is 4.79 Å². The molecule has 0 radical (unpaired) electrons. The van der Waals surface area contributed by atoms with Crippen LogP contribution in [0.5, 0.6) is 0 Å². The van der Waals surface area contributed by atoms with Gasteiger partial charge in [-0.2, -0.15) is 0 Å². The molecule has 1 aliphatic heterocycles. The van der Waals surface area contributed by atoms with E-state index < -0.39 is 5.91 Å². The maximum atomic E-state index is 11.2. The van der Waals surface area contributed by atoms with Gasteiger partial charge in [0.05, 0.1) is 11.6 Å². The molecule has 3 N–H and O–H groups in total. The van der Waals surface area contributed by atoms with Gasteiger partial charge >= 0.3 is 0 Å². The van der Waals surface area contributed by atoms with Crippen molar-refractivity contribution in [1.29, 1.82) is 0 Å².